The van der Waals surface area contributed by atoms with Gasteiger partial charge in [0.25, 0.3) is 0 Å². The topological polar surface area (TPSA) is 55.5 Å². The number of ether oxygens (including phenoxy) is 1. The summed E-state index contributed by atoms with van der Waals surface area (Å²) in [6.07, 6.45) is 10.8. The molecule has 1 heterocycles. The molecule has 104 valence electrons. The lowest BCUT2D eigenvalue weighted by Crippen LogP contribution is -2.55. The molecule has 1 unspecified atom stereocenters. The van der Waals surface area contributed by atoms with Gasteiger partial charge < -0.3 is 15.6 Å². The van der Waals surface area contributed by atoms with Crippen LogP contribution in [0, 0.1) is 10.8 Å². The van der Waals surface area contributed by atoms with Gasteiger partial charge in [-0.2, -0.15) is 0 Å². The largest absolute Gasteiger partial charge is 0.389 e. The molecule has 2 aliphatic carbocycles. The maximum absolute atomic E-state index is 11.1. The van der Waals surface area contributed by atoms with Crippen molar-refractivity contribution in [2.24, 2.45) is 16.6 Å². The Morgan fingerprint density at radius 1 is 0.944 bits per heavy atom. The molecule has 0 aromatic heterocycles. The van der Waals surface area contributed by atoms with Crippen molar-refractivity contribution in [3.05, 3.63) is 0 Å². The Hall–Kier alpha value is -0.120. The van der Waals surface area contributed by atoms with Crippen molar-refractivity contribution in [3.63, 3.8) is 0 Å². The summed E-state index contributed by atoms with van der Waals surface area (Å²) in [6, 6.07) is 0. The van der Waals surface area contributed by atoms with E-state index in [1.54, 1.807) is 0 Å². The molecule has 3 aliphatic rings. The van der Waals surface area contributed by atoms with E-state index in [1.807, 2.05) is 0 Å². The Bertz CT molecular complexity index is 294. The van der Waals surface area contributed by atoms with Crippen LogP contribution in [-0.4, -0.2) is 30.5 Å². The lowest BCUT2D eigenvalue weighted by molar-refractivity contribution is -0.125. The van der Waals surface area contributed by atoms with Crippen molar-refractivity contribution in [2.75, 3.05) is 19.8 Å². The van der Waals surface area contributed by atoms with E-state index in [9.17, 15) is 5.11 Å². The molecule has 3 nitrogen and oxygen atoms in total. The number of aliphatic hydroxyl groups is 1. The lowest BCUT2D eigenvalue weighted by atomic mass is 9.58. The first-order valence-electron chi connectivity index (χ1n) is 7.64. The molecule has 3 N–H and O–H groups in total. The van der Waals surface area contributed by atoms with Crippen LogP contribution in [0.5, 0.6) is 0 Å². The van der Waals surface area contributed by atoms with Crippen molar-refractivity contribution in [3.8, 4) is 0 Å². The van der Waals surface area contributed by atoms with Crippen LogP contribution in [-0.2, 0) is 4.74 Å². The monoisotopic (exact) mass is 253 g/mol. The van der Waals surface area contributed by atoms with Crippen molar-refractivity contribution >= 4 is 0 Å². The fourth-order valence-electron chi connectivity index (χ4n) is 4.67. The third-order valence-electron chi connectivity index (χ3n) is 6.28. The fourth-order valence-corrected chi connectivity index (χ4v) is 4.67. The van der Waals surface area contributed by atoms with Crippen LogP contribution in [0.25, 0.3) is 0 Å². The van der Waals surface area contributed by atoms with Crippen LogP contribution in [0.3, 0.4) is 0 Å². The number of nitrogens with two attached hydrogens (primary N) is 1. The third-order valence-corrected chi connectivity index (χ3v) is 6.28. The van der Waals surface area contributed by atoms with Crippen LogP contribution in [0.1, 0.15) is 57.8 Å². The van der Waals surface area contributed by atoms with E-state index >= 15 is 0 Å². The summed E-state index contributed by atoms with van der Waals surface area (Å²) in [5.41, 5.74) is 5.84. The zero-order chi connectivity index (χ0) is 12.7. The molecule has 3 fully saturated rings. The molecule has 3 heteroatoms. The Morgan fingerprint density at radius 3 is 2.11 bits per heavy atom. The summed E-state index contributed by atoms with van der Waals surface area (Å²) in [5.74, 6) is 0. The second-order valence-corrected chi connectivity index (χ2v) is 7.03. The van der Waals surface area contributed by atoms with Gasteiger partial charge >= 0.3 is 0 Å². The van der Waals surface area contributed by atoms with Gasteiger partial charge in [0.15, 0.2) is 0 Å². The zero-order valence-corrected chi connectivity index (χ0v) is 11.4. The molecule has 1 atom stereocenters. The molecule has 18 heavy (non-hydrogen) atoms. The molecule has 0 bridgehead atoms. The van der Waals surface area contributed by atoms with Gasteiger partial charge in [-0.05, 0) is 50.4 Å². The minimum atomic E-state index is -0.563. The zero-order valence-electron chi connectivity index (χ0n) is 11.4. The second-order valence-electron chi connectivity index (χ2n) is 7.03. The highest BCUT2D eigenvalue weighted by Gasteiger charge is 2.55. The smallest absolute Gasteiger partial charge is 0.0739 e. The van der Waals surface area contributed by atoms with Crippen LogP contribution in [0.2, 0.25) is 0 Å². The Kier molecular flexibility index (Phi) is 3.20. The quantitative estimate of drug-likeness (QED) is 0.793. The minimum absolute atomic E-state index is 0.160. The summed E-state index contributed by atoms with van der Waals surface area (Å²) in [6.45, 7) is 1.99. The summed E-state index contributed by atoms with van der Waals surface area (Å²) in [4.78, 5) is 0. The first kappa shape index (κ1) is 12.9. The molecule has 0 aromatic rings. The molecule has 3 rings (SSSR count). The van der Waals surface area contributed by atoms with Crippen LogP contribution < -0.4 is 5.73 Å². The van der Waals surface area contributed by atoms with Gasteiger partial charge in [-0.3, -0.25) is 0 Å². The van der Waals surface area contributed by atoms with E-state index in [1.165, 1.54) is 38.5 Å². The normalized spacial score (nSPS) is 38.3. The number of rotatable bonds is 2. The molecular formula is C15H27NO2. The van der Waals surface area contributed by atoms with E-state index < -0.39 is 5.60 Å². The SMILES string of the molecule is NCC1(C2(O)CCC3(CCCC3)CC2)CCOC1. The molecule has 1 spiro atoms. The number of hydrogen-bond donors (Lipinski definition) is 2. The lowest BCUT2D eigenvalue weighted by Gasteiger charge is -2.50. The molecule has 0 radical (unpaired) electrons. The van der Waals surface area contributed by atoms with Gasteiger partial charge in [0, 0.05) is 18.6 Å². The number of hydrogen-bond acceptors (Lipinski definition) is 3. The summed E-state index contributed by atoms with van der Waals surface area (Å²) < 4.78 is 5.55. The van der Waals surface area contributed by atoms with E-state index in [2.05, 4.69) is 0 Å². The van der Waals surface area contributed by atoms with Crippen molar-refractivity contribution < 1.29 is 9.84 Å². The van der Waals surface area contributed by atoms with Gasteiger partial charge in [0.05, 0.1) is 12.2 Å². The minimum Gasteiger partial charge on any atom is -0.389 e. The summed E-state index contributed by atoms with van der Waals surface area (Å²) >= 11 is 0. The van der Waals surface area contributed by atoms with E-state index in [4.69, 9.17) is 10.5 Å². The first-order valence-corrected chi connectivity index (χ1v) is 7.64. The maximum Gasteiger partial charge on any atom is 0.0739 e. The molecule has 0 amide bonds. The molecule has 1 aliphatic heterocycles. The van der Waals surface area contributed by atoms with Crippen molar-refractivity contribution in [1.29, 1.82) is 0 Å². The van der Waals surface area contributed by atoms with Gasteiger partial charge in [-0.1, -0.05) is 12.8 Å². The van der Waals surface area contributed by atoms with Gasteiger partial charge in [-0.15, -0.1) is 0 Å². The predicted octanol–water partition coefficient (Wildman–Crippen LogP) is 2.22. The van der Waals surface area contributed by atoms with E-state index in [0.29, 0.717) is 18.6 Å². The van der Waals surface area contributed by atoms with Gasteiger partial charge in [0.2, 0.25) is 0 Å². The fraction of sp³-hybridized carbons (Fsp3) is 1.00. The molecule has 1 saturated heterocycles. The Morgan fingerprint density at radius 2 is 1.61 bits per heavy atom. The van der Waals surface area contributed by atoms with Crippen molar-refractivity contribution in [1.82, 2.24) is 0 Å². The van der Waals surface area contributed by atoms with E-state index in [0.717, 1.165) is 25.9 Å². The average molecular weight is 253 g/mol. The Labute approximate surface area is 110 Å². The second kappa shape index (κ2) is 4.46. The van der Waals surface area contributed by atoms with Crippen LogP contribution >= 0.6 is 0 Å². The first-order chi connectivity index (χ1) is 8.64. The van der Waals surface area contributed by atoms with Crippen molar-refractivity contribution in [2.45, 2.75) is 63.4 Å². The highest BCUT2D eigenvalue weighted by Crippen LogP contribution is 2.56. The molecule has 2 saturated carbocycles. The van der Waals surface area contributed by atoms with E-state index in [-0.39, 0.29) is 5.41 Å². The predicted molar refractivity (Wildman–Crippen MR) is 71.2 cm³/mol. The van der Waals surface area contributed by atoms with Gasteiger partial charge in [-0.25, -0.2) is 0 Å². The maximum atomic E-state index is 11.1. The van der Waals surface area contributed by atoms with Crippen LogP contribution in [0.4, 0.5) is 0 Å². The summed E-state index contributed by atoms with van der Waals surface area (Å²) in [5, 5.41) is 11.1. The highest BCUT2D eigenvalue weighted by molar-refractivity contribution is 5.06. The standard InChI is InChI=1S/C15H27NO2/c16-11-14(9-10-18-12-14)15(17)7-5-13(6-8-15)3-1-2-4-13/h17H,1-12,16H2. The summed E-state index contributed by atoms with van der Waals surface area (Å²) in [7, 11) is 0. The Balaban J connectivity index is 1.73. The molecule has 0 aromatic carbocycles. The highest BCUT2D eigenvalue weighted by atomic mass is 16.5. The third kappa shape index (κ3) is 1.83. The average Bonchev–Trinajstić information content (AvgIpc) is 3.04. The van der Waals surface area contributed by atoms with Crippen LogP contribution in [0.15, 0.2) is 0 Å². The molecular weight excluding hydrogens is 226 g/mol. The van der Waals surface area contributed by atoms with Gasteiger partial charge in [0.1, 0.15) is 0 Å².